The van der Waals surface area contributed by atoms with E-state index in [0.29, 0.717) is 18.8 Å². The second-order valence-electron chi connectivity index (χ2n) is 7.63. The molecule has 3 N–H and O–H groups in total. The molecular formula is C27H23NO4S. The van der Waals surface area contributed by atoms with E-state index in [1.807, 2.05) is 35.8 Å². The SMILES string of the molecule is COCCOc1ccc(-c2c(-c3ccc(O)cc3O)c[nH]c2-c2cccs2)c2ccccc12. The summed E-state index contributed by atoms with van der Waals surface area (Å²) >= 11 is 1.65. The van der Waals surface area contributed by atoms with Crippen molar-refractivity contribution in [2.45, 2.75) is 0 Å². The number of ether oxygens (including phenoxy) is 2. The van der Waals surface area contributed by atoms with Gasteiger partial charge in [-0.1, -0.05) is 30.3 Å². The summed E-state index contributed by atoms with van der Waals surface area (Å²) in [5.41, 5.74) is 4.49. The van der Waals surface area contributed by atoms with Crippen molar-refractivity contribution in [3.8, 4) is 50.1 Å². The number of fused-ring (bicyclic) bond motifs is 1. The molecule has 0 amide bonds. The zero-order chi connectivity index (χ0) is 22.8. The first-order chi connectivity index (χ1) is 16.2. The Morgan fingerprint density at radius 3 is 2.42 bits per heavy atom. The van der Waals surface area contributed by atoms with Crippen LogP contribution in [0.25, 0.3) is 43.6 Å². The smallest absolute Gasteiger partial charge is 0.127 e. The number of benzene rings is 3. The van der Waals surface area contributed by atoms with Gasteiger partial charge in [-0.05, 0) is 46.7 Å². The van der Waals surface area contributed by atoms with Crippen LogP contribution < -0.4 is 4.74 Å². The lowest BCUT2D eigenvalue weighted by molar-refractivity contribution is 0.147. The van der Waals surface area contributed by atoms with Crippen LogP contribution in [0.15, 0.2) is 78.3 Å². The van der Waals surface area contributed by atoms with Crippen molar-refractivity contribution >= 4 is 22.1 Å². The van der Waals surface area contributed by atoms with E-state index in [1.165, 1.54) is 6.07 Å². The number of aromatic hydroxyl groups is 2. The third kappa shape index (κ3) is 3.95. The number of aromatic nitrogens is 1. The Hall–Kier alpha value is -3.74. The van der Waals surface area contributed by atoms with Crippen LogP contribution in [-0.4, -0.2) is 35.5 Å². The summed E-state index contributed by atoms with van der Waals surface area (Å²) in [6.07, 6.45) is 1.91. The lowest BCUT2D eigenvalue weighted by Gasteiger charge is -2.15. The number of phenols is 2. The van der Waals surface area contributed by atoms with E-state index in [4.69, 9.17) is 9.47 Å². The molecule has 0 aliphatic rings. The average Bonchev–Trinajstić information content (AvgIpc) is 3.49. The third-order valence-electron chi connectivity index (χ3n) is 5.62. The minimum atomic E-state index is 0.0230. The minimum absolute atomic E-state index is 0.0230. The molecule has 0 aliphatic heterocycles. The maximum atomic E-state index is 10.6. The van der Waals surface area contributed by atoms with Crippen molar-refractivity contribution in [2.75, 3.05) is 20.3 Å². The summed E-state index contributed by atoms with van der Waals surface area (Å²) in [6, 6.07) is 21.0. The Bertz CT molecular complexity index is 1410. The fourth-order valence-electron chi connectivity index (χ4n) is 4.13. The maximum absolute atomic E-state index is 10.6. The molecule has 0 saturated heterocycles. The summed E-state index contributed by atoms with van der Waals surface area (Å²) in [5.74, 6) is 0.847. The van der Waals surface area contributed by atoms with Gasteiger partial charge in [0.2, 0.25) is 0 Å². The van der Waals surface area contributed by atoms with Gasteiger partial charge < -0.3 is 24.7 Å². The van der Waals surface area contributed by atoms with Gasteiger partial charge in [0.05, 0.1) is 17.2 Å². The maximum Gasteiger partial charge on any atom is 0.127 e. The fourth-order valence-corrected chi connectivity index (χ4v) is 4.87. The first-order valence-electron chi connectivity index (χ1n) is 10.6. The molecule has 0 atom stereocenters. The summed E-state index contributed by atoms with van der Waals surface area (Å²) < 4.78 is 11.1. The molecule has 33 heavy (non-hydrogen) atoms. The number of thiophene rings is 1. The van der Waals surface area contributed by atoms with Crippen molar-refractivity contribution < 1.29 is 19.7 Å². The van der Waals surface area contributed by atoms with E-state index in [-0.39, 0.29) is 11.5 Å². The molecule has 2 heterocycles. The summed E-state index contributed by atoms with van der Waals surface area (Å²) in [5, 5.41) is 24.5. The number of aromatic amines is 1. The number of nitrogens with one attached hydrogen (secondary N) is 1. The molecule has 2 aromatic heterocycles. The number of hydrogen-bond acceptors (Lipinski definition) is 5. The van der Waals surface area contributed by atoms with Gasteiger partial charge in [0.15, 0.2) is 0 Å². The second kappa shape index (κ2) is 9.02. The highest BCUT2D eigenvalue weighted by atomic mass is 32.1. The predicted molar refractivity (Wildman–Crippen MR) is 133 cm³/mol. The van der Waals surface area contributed by atoms with Gasteiger partial charge in [-0.15, -0.1) is 11.3 Å². The van der Waals surface area contributed by atoms with Crippen molar-refractivity contribution in [1.29, 1.82) is 0 Å². The largest absolute Gasteiger partial charge is 0.508 e. The van der Waals surface area contributed by atoms with Crippen molar-refractivity contribution in [3.63, 3.8) is 0 Å². The molecule has 0 spiro atoms. The molecule has 6 heteroatoms. The molecule has 0 aliphatic carbocycles. The van der Waals surface area contributed by atoms with Gasteiger partial charge in [0, 0.05) is 41.4 Å². The molecule has 0 fully saturated rings. The lowest BCUT2D eigenvalue weighted by Crippen LogP contribution is -2.04. The molecule has 5 rings (SSSR count). The topological polar surface area (TPSA) is 74.7 Å². The highest BCUT2D eigenvalue weighted by Crippen LogP contribution is 2.47. The van der Waals surface area contributed by atoms with Crippen molar-refractivity contribution in [2.24, 2.45) is 0 Å². The van der Waals surface area contributed by atoms with Crippen molar-refractivity contribution in [3.05, 3.63) is 78.3 Å². The average molecular weight is 458 g/mol. The monoisotopic (exact) mass is 457 g/mol. The number of H-pyrrole nitrogens is 1. The van der Waals surface area contributed by atoms with E-state index in [2.05, 4.69) is 29.2 Å². The van der Waals surface area contributed by atoms with Gasteiger partial charge in [0.25, 0.3) is 0 Å². The molecule has 5 nitrogen and oxygen atoms in total. The summed E-state index contributed by atoms with van der Waals surface area (Å²) in [7, 11) is 1.66. The predicted octanol–water partition coefficient (Wildman–Crippen LogP) is 6.67. The molecule has 0 radical (unpaired) electrons. The van der Waals surface area contributed by atoms with Gasteiger partial charge in [0.1, 0.15) is 23.9 Å². The molecule has 0 bridgehead atoms. The standard InChI is InChI=1S/C27H23NO4S/c1-31-12-13-32-24-11-10-21(18-5-2-3-6-20(18)24)26-22(19-9-8-17(29)15-23(19)30)16-28-27(26)25-7-4-14-33-25/h2-11,14-16,28-30H,12-13H2,1H3. The fraction of sp³-hybridized carbons (Fsp3) is 0.111. The van der Waals surface area contributed by atoms with E-state index >= 15 is 0 Å². The van der Waals surface area contributed by atoms with Gasteiger partial charge >= 0.3 is 0 Å². The minimum Gasteiger partial charge on any atom is -0.508 e. The molecular weight excluding hydrogens is 434 g/mol. The zero-order valence-electron chi connectivity index (χ0n) is 18.0. The summed E-state index contributed by atoms with van der Waals surface area (Å²) in [6.45, 7) is 0.984. The Kier molecular flexibility index (Phi) is 5.77. The normalized spacial score (nSPS) is 11.2. The third-order valence-corrected chi connectivity index (χ3v) is 6.51. The van der Waals surface area contributed by atoms with Crippen LogP contribution in [0.2, 0.25) is 0 Å². The number of rotatable bonds is 7. The number of phenolic OH excluding ortho intramolecular Hbond substituents is 2. The van der Waals surface area contributed by atoms with Gasteiger partial charge in [-0.25, -0.2) is 0 Å². The molecule has 0 unspecified atom stereocenters. The molecule has 0 saturated carbocycles. The Balaban J connectivity index is 1.75. The number of hydrogen-bond donors (Lipinski definition) is 3. The van der Waals surface area contributed by atoms with Crippen LogP contribution in [0.1, 0.15) is 0 Å². The van der Waals surface area contributed by atoms with Crippen LogP contribution in [0.3, 0.4) is 0 Å². The van der Waals surface area contributed by atoms with E-state index in [1.54, 1.807) is 30.6 Å². The first kappa shape index (κ1) is 21.1. The Morgan fingerprint density at radius 1 is 0.848 bits per heavy atom. The Labute approximate surface area is 195 Å². The summed E-state index contributed by atoms with van der Waals surface area (Å²) in [4.78, 5) is 4.52. The van der Waals surface area contributed by atoms with Crippen LogP contribution in [0.4, 0.5) is 0 Å². The highest BCUT2D eigenvalue weighted by Gasteiger charge is 2.21. The molecule has 166 valence electrons. The number of methoxy groups -OCH3 is 1. The van der Waals surface area contributed by atoms with Crippen LogP contribution in [-0.2, 0) is 4.74 Å². The zero-order valence-corrected chi connectivity index (χ0v) is 18.9. The first-order valence-corrected chi connectivity index (χ1v) is 11.5. The van der Waals surface area contributed by atoms with Crippen LogP contribution >= 0.6 is 11.3 Å². The van der Waals surface area contributed by atoms with Crippen LogP contribution in [0.5, 0.6) is 17.2 Å². The van der Waals surface area contributed by atoms with Crippen LogP contribution in [0, 0.1) is 0 Å². The van der Waals surface area contributed by atoms with E-state index in [0.717, 1.165) is 43.8 Å². The van der Waals surface area contributed by atoms with E-state index in [9.17, 15) is 10.2 Å². The highest BCUT2D eigenvalue weighted by molar-refractivity contribution is 7.13. The van der Waals surface area contributed by atoms with Gasteiger partial charge in [-0.3, -0.25) is 0 Å². The second-order valence-corrected chi connectivity index (χ2v) is 8.58. The molecule has 5 aromatic rings. The van der Waals surface area contributed by atoms with E-state index < -0.39 is 0 Å². The lowest BCUT2D eigenvalue weighted by atomic mass is 9.91. The van der Waals surface area contributed by atoms with Gasteiger partial charge in [-0.2, -0.15) is 0 Å². The van der Waals surface area contributed by atoms with Crippen molar-refractivity contribution in [1.82, 2.24) is 4.98 Å². The quantitative estimate of drug-likeness (QED) is 0.239. The molecule has 3 aromatic carbocycles. The Morgan fingerprint density at radius 2 is 1.67 bits per heavy atom.